The summed E-state index contributed by atoms with van der Waals surface area (Å²) in [5, 5.41) is 5.76. The van der Waals surface area contributed by atoms with Crippen LogP contribution in [0.5, 0.6) is 0 Å². The summed E-state index contributed by atoms with van der Waals surface area (Å²) in [5.74, 6) is -0.468. The predicted octanol–water partition coefficient (Wildman–Crippen LogP) is 1.95. The van der Waals surface area contributed by atoms with Crippen LogP contribution in [0.15, 0.2) is 12.3 Å². The molecule has 0 saturated heterocycles. The fraction of sp³-hybridized carbons (Fsp3) is 0.571. The van der Waals surface area contributed by atoms with Gasteiger partial charge in [-0.2, -0.15) is 0 Å². The molecule has 1 aliphatic rings. The molecule has 1 heterocycles. The minimum absolute atomic E-state index is 0.220. The van der Waals surface area contributed by atoms with Crippen molar-refractivity contribution in [3.05, 3.63) is 23.6 Å². The first-order valence-electron chi connectivity index (χ1n) is 6.83. The van der Waals surface area contributed by atoms with Gasteiger partial charge in [-0.3, -0.25) is 4.79 Å². The Balaban J connectivity index is 2.06. The van der Waals surface area contributed by atoms with Crippen LogP contribution in [-0.4, -0.2) is 36.7 Å². The van der Waals surface area contributed by atoms with Gasteiger partial charge in [-0.05, 0) is 32.3 Å². The number of nitrogens with one attached hydrogen (secondary N) is 2. The Morgan fingerprint density at radius 1 is 1.55 bits per heavy atom. The Hall–Kier alpha value is -1.69. The largest absolute Gasteiger partial charge is 0.376 e. The van der Waals surface area contributed by atoms with Crippen molar-refractivity contribution in [2.45, 2.75) is 31.8 Å². The highest BCUT2D eigenvalue weighted by Crippen LogP contribution is 2.34. The molecule has 1 fully saturated rings. The molecule has 0 aliphatic heterocycles. The normalized spacial score (nSPS) is 16.4. The number of hydrogen-bond acceptors (Lipinski definition) is 4. The molecule has 0 radical (unpaired) electrons. The molecule has 2 rings (SSSR count). The Labute approximate surface area is 117 Å². The van der Waals surface area contributed by atoms with Crippen LogP contribution in [0.4, 0.5) is 10.2 Å². The van der Waals surface area contributed by atoms with E-state index < -0.39 is 5.82 Å². The van der Waals surface area contributed by atoms with E-state index in [4.69, 9.17) is 4.74 Å². The van der Waals surface area contributed by atoms with Gasteiger partial charge in [-0.1, -0.05) is 0 Å². The third kappa shape index (κ3) is 3.07. The van der Waals surface area contributed by atoms with Gasteiger partial charge < -0.3 is 15.4 Å². The molecule has 1 aromatic rings. The maximum absolute atomic E-state index is 13.3. The van der Waals surface area contributed by atoms with Crippen LogP contribution in [0, 0.1) is 5.82 Å². The van der Waals surface area contributed by atoms with Gasteiger partial charge in [-0.15, -0.1) is 0 Å². The molecule has 1 aromatic heterocycles. The van der Waals surface area contributed by atoms with Gasteiger partial charge in [0.2, 0.25) is 0 Å². The standard InChI is InChI=1S/C14H20FN3O2/c1-3-16-12-11(7-10(15)8-17-12)13(19)18-9-14(20-2)5-4-6-14/h7-8H,3-6,9H2,1-2H3,(H,16,17)(H,18,19). The SMILES string of the molecule is CCNc1ncc(F)cc1C(=O)NCC1(OC)CCC1. The van der Waals surface area contributed by atoms with Crippen molar-refractivity contribution in [3.8, 4) is 0 Å². The molecule has 1 saturated carbocycles. The van der Waals surface area contributed by atoms with Crippen molar-refractivity contribution in [1.29, 1.82) is 0 Å². The van der Waals surface area contributed by atoms with E-state index in [-0.39, 0.29) is 17.1 Å². The zero-order valence-electron chi connectivity index (χ0n) is 11.8. The van der Waals surface area contributed by atoms with E-state index >= 15 is 0 Å². The van der Waals surface area contributed by atoms with Gasteiger partial charge >= 0.3 is 0 Å². The molecule has 0 aromatic carbocycles. The number of anilines is 1. The fourth-order valence-corrected chi connectivity index (χ4v) is 2.28. The van der Waals surface area contributed by atoms with Crippen molar-refractivity contribution in [1.82, 2.24) is 10.3 Å². The molecule has 0 bridgehead atoms. The highest BCUT2D eigenvalue weighted by atomic mass is 19.1. The lowest BCUT2D eigenvalue weighted by molar-refractivity contribution is -0.0679. The van der Waals surface area contributed by atoms with Crippen LogP contribution in [0.1, 0.15) is 36.5 Å². The molecule has 0 unspecified atom stereocenters. The van der Waals surface area contributed by atoms with Crippen molar-refractivity contribution in [2.24, 2.45) is 0 Å². The van der Waals surface area contributed by atoms with Crippen LogP contribution in [0.3, 0.4) is 0 Å². The number of pyridine rings is 1. The number of carbonyl (C=O) groups is 1. The highest BCUT2D eigenvalue weighted by molar-refractivity contribution is 5.98. The number of rotatable bonds is 6. The van der Waals surface area contributed by atoms with E-state index in [0.717, 1.165) is 25.5 Å². The number of methoxy groups -OCH3 is 1. The fourth-order valence-electron chi connectivity index (χ4n) is 2.28. The summed E-state index contributed by atoms with van der Waals surface area (Å²) in [4.78, 5) is 16.1. The average Bonchev–Trinajstić information content (AvgIpc) is 2.40. The number of hydrogen-bond donors (Lipinski definition) is 2. The van der Waals surface area contributed by atoms with E-state index in [2.05, 4.69) is 15.6 Å². The molecule has 1 amide bonds. The second-order valence-corrected chi connectivity index (χ2v) is 5.00. The average molecular weight is 281 g/mol. The van der Waals surface area contributed by atoms with E-state index in [9.17, 15) is 9.18 Å². The van der Waals surface area contributed by atoms with Crippen LogP contribution in [0.2, 0.25) is 0 Å². The van der Waals surface area contributed by atoms with Gasteiger partial charge in [0, 0.05) is 20.2 Å². The quantitative estimate of drug-likeness (QED) is 0.836. The molecule has 0 spiro atoms. The van der Waals surface area contributed by atoms with Crippen LogP contribution >= 0.6 is 0 Å². The van der Waals surface area contributed by atoms with Crippen LogP contribution < -0.4 is 10.6 Å². The molecule has 0 atom stereocenters. The third-order valence-electron chi connectivity index (χ3n) is 3.71. The summed E-state index contributed by atoms with van der Waals surface area (Å²) < 4.78 is 18.7. The molecule has 1 aliphatic carbocycles. The van der Waals surface area contributed by atoms with Gasteiger partial charge in [0.25, 0.3) is 5.91 Å². The second kappa shape index (κ2) is 6.17. The van der Waals surface area contributed by atoms with E-state index in [0.29, 0.717) is 18.9 Å². The Morgan fingerprint density at radius 3 is 2.85 bits per heavy atom. The van der Waals surface area contributed by atoms with Gasteiger partial charge in [0.15, 0.2) is 0 Å². The predicted molar refractivity (Wildman–Crippen MR) is 74.3 cm³/mol. The monoisotopic (exact) mass is 281 g/mol. The summed E-state index contributed by atoms with van der Waals surface area (Å²) >= 11 is 0. The van der Waals surface area contributed by atoms with Gasteiger partial charge in [0.1, 0.15) is 11.6 Å². The number of nitrogens with zero attached hydrogens (tertiary/aromatic N) is 1. The topological polar surface area (TPSA) is 63.2 Å². The molecule has 5 nitrogen and oxygen atoms in total. The van der Waals surface area contributed by atoms with Crippen molar-refractivity contribution in [3.63, 3.8) is 0 Å². The molecular weight excluding hydrogens is 261 g/mol. The molecule has 6 heteroatoms. The maximum Gasteiger partial charge on any atom is 0.255 e. The van der Waals surface area contributed by atoms with E-state index in [1.54, 1.807) is 7.11 Å². The Morgan fingerprint density at radius 2 is 2.30 bits per heavy atom. The smallest absolute Gasteiger partial charge is 0.255 e. The highest BCUT2D eigenvalue weighted by Gasteiger charge is 2.37. The summed E-state index contributed by atoms with van der Waals surface area (Å²) in [6.45, 7) is 2.94. The third-order valence-corrected chi connectivity index (χ3v) is 3.71. The lowest BCUT2D eigenvalue weighted by Gasteiger charge is -2.40. The minimum Gasteiger partial charge on any atom is -0.376 e. The zero-order chi connectivity index (χ0) is 14.6. The molecular formula is C14H20FN3O2. The van der Waals surface area contributed by atoms with Gasteiger partial charge in [0.05, 0.1) is 17.4 Å². The van der Waals surface area contributed by atoms with E-state index in [1.807, 2.05) is 6.92 Å². The number of halogens is 1. The van der Waals surface area contributed by atoms with Crippen LogP contribution in [-0.2, 0) is 4.74 Å². The molecule has 110 valence electrons. The van der Waals surface area contributed by atoms with E-state index in [1.165, 1.54) is 6.07 Å². The molecule has 2 N–H and O–H groups in total. The number of aromatic nitrogens is 1. The summed E-state index contributed by atoms with van der Waals surface area (Å²) in [6.07, 6.45) is 4.07. The maximum atomic E-state index is 13.3. The first-order chi connectivity index (χ1) is 9.60. The zero-order valence-corrected chi connectivity index (χ0v) is 11.8. The first kappa shape index (κ1) is 14.7. The Bertz CT molecular complexity index is 484. The van der Waals surface area contributed by atoms with Crippen molar-refractivity contribution >= 4 is 11.7 Å². The van der Waals surface area contributed by atoms with Gasteiger partial charge in [-0.25, -0.2) is 9.37 Å². The lowest BCUT2D eigenvalue weighted by Crippen LogP contribution is -2.49. The van der Waals surface area contributed by atoms with Crippen LogP contribution in [0.25, 0.3) is 0 Å². The number of carbonyl (C=O) groups excluding carboxylic acids is 1. The Kier molecular flexibility index (Phi) is 4.54. The second-order valence-electron chi connectivity index (χ2n) is 5.00. The summed E-state index contributed by atoms with van der Waals surface area (Å²) in [6, 6.07) is 1.20. The number of amides is 1. The molecule has 20 heavy (non-hydrogen) atoms. The lowest BCUT2D eigenvalue weighted by atomic mass is 9.80. The summed E-state index contributed by atoms with van der Waals surface area (Å²) in [7, 11) is 1.65. The van der Waals surface area contributed by atoms with Crippen molar-refractivity contribution < 1.29 is 13.9 Å². The minimum atomic E-state index is -0.526. The summed E-state index contributed by atoms with van der Waals surface area (Å²) in [5.41, 5.74) is -0.0354. The van der Waals surface area contributed by atoms with Crippen molar-refractivity contribution in [2.75, 3.05) is 25.5 Å². The first-order valence-corrected chi connectivity index (χ1v) is 6.83. The number of ether oxygens (including phenoxy) is 1.